The summed E-state index contributed by atoms with van der Waals surface area (Å²) in [6.45, 7) is 7.87. The van der Waals surface area contributed by atoms with Gasteiger partial charge in [-0.25, -0.2) is 9.78 Å². The van der Waals surface area contributed by atoms with Gasteiger partial charge in [0.1, 0.15) is 23.3 Å². The predicted molar refractivity (Wildman–Crippen MR) is 136 cm³/mol. The summed E-state index contributed by atoms with van der Waals surface area (Å²) in [4.78, 5) is 32.9. The van der Waals surface area contributed by atoms with E-state index in [4.69, 9.17) is 22.1 Å². The van der Waals surface area contributed by atoms with Gasteiger partial charge in [0.05, 0.1) is 10.7 Å². The van der Waals surface area contributed by atoms with Crippen LogP contribution in [0.25, 0.3) is 5.65 Å². The van der Waals surface area contributed by atoms with Crippen LogP contribution < -0.4 is 16.0 Å². The number of piperazine rings is 1. The molecule has 13 heteroatoms. The highest BCUT2D eigenvalue weighted by molar-refractivity contribution is 7.98. The second-order valence-electron chi connectivity index (χ2n) is 8.96. The molecule has 11 nitrogen and oxygen atoms in total. The van der Waals surface area contributed by atoms with E-state index in [0.717, 1.165) is 5.69 Å². The molecule has 0 atom stereocenters. The van der Waals surface area contributed by atoms with Gasteiger partial charge in [-0.1, -0.05) is 23.4 Å². The van der Waals surface area contributed by atoms with Crippen LogP contribution in [-0.2, 0) is 4.74 Å². The molecule has 186 valence electrons. The van der Waals surface area contributed by atoms with Gasteiger partial charge >= 0.3 is 6.09 Å². The minimum Gasteiger partial charge on any atom is -0.444 e. The molecule has 0 saturated carbocycles. The van der Waals surface area contributed by atoms with E-state index in [0.29, 0.717) is 47.7 Å². The number of primary amides is 1. The minimum absolute atomic E-state index is 0.138. The number of aromatic nitrogens is 4. The summed E-state index contributed by atoms with van der Waals surface area (Å²) >= 11 is 8.01. The van der Waals surface area contributed by atoms with E-state index in [9.17, 15) is 9.59 Å². The number of nitrogens with zero attached hydrogens (tertiary/aromatic N) is 6. The smallest absolute Gasteiger partial charge is 0.410 e. The molecular weight excluding hydrogens is 492 g/mol. The van der Waals surface area contributed by atoms with E-state index in [2.05, 4.69) is 25.4 Å². The quantitative estimate of drug-likeness (QED) is 0.385. The monoisotopic (exact) mass is 518 g/mol. The summed E-state index contributed by atoms with van der Waals surface area (Å²) in [6.07, 6.45) is 3.04. The minimum atomic E-state index is -0.670. The molecule has 0 aliphatic carbocycles. The van der Waals surface area contributed by atoms with Gasteiger partial charge < -0.3 is 25.6 Å². The zero-order valence-corrected chi connectivity index (χ0v) is 21.5. The van der Waals surface area contributed by atoms with E-state index < -0.39 is 11.5 Å². The molecule has 3 aromatic rings. The van der Waals surface area contributed by atoms with Crippen LogP contribution in [0.1, 0.15) is 31.1 Å². The molecule has 1 fully saturated rings. The lowest BCUT2D eigenvalue weighted by Crippen LogP contribution is -2.50. The first-order valence-electron chi connectivity index (χ1n) is 10.9. The SMILES string of the molecule is CSc1nc(Nc2ccc(N3CCN(C(=O)OC(C)(C)C)CC3)c(Cl)c2)c(C(N)=O)c2nncn12. The van der Waals surface area contributed by atoms with Crippen LogP contribution in [0.3, 0.4) is 0 Å². The Bertz CT molecular complexity index is 1270. The second kappa shape index (κ2) is 9.78. The van der Waals surface area contributed by atoms with Crippen LogP contribution in [0.4, 0.5) is 22.0 Å². The molecule has 1 aliphatic heterocycles. The lowest BCUT2D eigenvalue weighted by Gasteiger charge is -2.37. The summed E-state index contributed by atoms with van der Waals surface area (Å²) in [7, 11) is 0. The van der Waals surface area contributed by atoms with Crippen LogP contribution in [0, 0.1) is 0 Å². The first kappa shape index (κ1) is 24.9. The number of nitrogens with two attached hydrogens (primary N) is 1. The van der Waals surface area contributed by atoms with Crippen molar-refractivity contribution in [2.45, 2.75) is 31.5 Å². The highest BCUT2D eigenvalue weighted by atomic mass is 35.5. The Kier molecular flexibility index (Phi) is 6.95. The van der Waals surface area contributed by atoms with Crippen molar-refractivity contribution in [2.75, 3.05) is 42.7 Å². The van der Waals surface area contributed by atoms with Crippen molar-refractivity contribution in [3.8, 4) is 0 Å². The fourth-order valence-electron chi connectivity index (χ4n) is 3.75. The molecule has 0 radical (unpaired) electrons. The van der Waals surface area contributed by atoms with E-state index >= 15 is 0 Å². The predicted octanol–water partition coefficient (Wildman–Crippen LogP) is 3.40. The van der Waals surface area contributed by atoms with Gasteiger partial charge in [-0.15, -0.1) is 10.2 Å². The Morgan fingerprint density at radius 2 is 1.91 bits per heavy atom. The van der Waals surface area contributed by atoms with Gasteiger partial charge in [0.15, 0.2) is 10.8 Å². The molecule has 1 saturated heterocycles. The van der Waals surface area contributed by atoms with E-state index in [1.807, 2.05) is 39.2 Å². The number of thioether (sulfide) groups is 1. The zero-order valence-electron chi connectivity index (χ0n) is 19.9. The van der Waals surface area contributed by atoms with Gasteiger partial charge in [-0.2, -0.15) is 0 Å². The topological polar surface area (TPSA) is 131 Å². The molecule has 3 heterocycles. The van der Waals surface area contributed by atoms with Gasteiger partial charge in [-0.05, 0) is 45.2 Å². The summed E-state index contributed by atoms with van der Waals surface area (Å²) in [5, 5.41) is 12.2. The van der Waals surface area contributed by atoms with E-state index in [1.165, 1.54) is 18.1 Å². The summed E-state index contributed by atoms with van der Waals surface area (Å²) in [6, 6.07) is 5.50. The number of carbonyl (C=O) groups is 2. The Morgan fingerprint density at radius 3 is 2.51 bits per heavy atom. The molecular formula is C22H27ClN8O3S. The van der Waals surface area contributed by atoms with Gasteiger partial charge in [0, 0.05) is 31.9 Å². The molecule has 35 heavy (non-hydrogen) atoms. The van der Waals surface area contributed by atoms with Crippen molar-refractivity contribution < 1.29 is 14.3 Å². The molecule has 1 aromatic carbocycles. The number of carbonyl (C=O) groups excluding carboxylic acids is 2. The van der Waals surface area contributed by atoms with Crippen LogP contribution in [0.2, 0.25) is 5.02 Å². The maximum atomic E-state index is 12.3. The third-order valence-corrected chi connectivity index (χ3v) is 6.29. The van der Waals surface area contributed by atoms with E-state index in [1.54, 1.807) is 15.4 Å². The number of halogens is 1. The molecule has 2 amide bonds. The maximum Gasteiger partial charge on any atom is 0.410 e. The average molecular weight is 519 g/mol. The first-order chi connectivity index (χ1) is 16.6. The fourth-order valence-corrected chi connectivity index (χ4v) is 4.57. The molecule has 0 bridgehead atoms. The van der Waals surface area contributed by atoms with Crippen molar-refractivity contribution in [3.63, 3.8) is 0 Å². The van der Waals surface area contributed by atoms with Crippen molar-refractivity contribution in [2.24, 2.45) is 5.73 Å². The van der Waals surface area contributed by atoms with Crippen LogP contribution in [0.15, 0.2) is 29.7 Å². The third-order valence-electron chi connectivity index (χ3n) is 5.33. The number of rotatable bonds is 5. The standard InChI is InChI=1S/C22H27ClN8O3S/c1-22(2,3)34-21(33)30-9-7-29(8-10-30)15-6-5-13(11-14(15)23)26-18-16(17(24)32)19-28-25-12-31(19)20(27-18)35-4/h5-6,11-12,26H,7-10H2,1-4H3,(H2,24,32). The summed E-state index contributed by atoms with van der Waals surface area (Å²) in [5.41, 5.74) is 7.04. The van der Waals surface area contributed by atoms with Gasteiger partial charge in [0.25, 0.3) is 5.91 Å². The number of fused-ring (bicyclic) bond motifs is 1. The van der Waals surface area contributed by atoms with Gasteiger partial charge in [-0.3, -0.25) is 9.20 Å². The molecule has 4 rings (SSSR count). The number of benzene rings is 1. The second-order valence-corrected chi connectivity index (χ2v) is 10.1. The number of nitrogens with one attached hydrogen (secondary N) is 1. The average Bonchev–Trinajstić information content (AvgIpc) is 3.27. The summed E-state index contributed by atoms with van der Waals surface area (Å²) in [5.74, 6) is -0.395. The number of hydrogen-bond donors (Lipinski definition) is 2. The number of anilines is 3. The number of amides is 2. The Hall–Kier alpha value is -3.25. The molecule has 2 aromatic heterocycles. The number of ether oxygens (including phenoxy) is 1. The molecule has 0 spiro atoms. The fraction of sp³-hybridized carbons (Fsp3) is 0.409. The maximum absolute atomic E-state index is 12.3. The van der Waals surface area contributed by atoms with Crippen molar-refractivity contribution in [1.82, 2.24) is 24.5 Å². The lowest BCUT2D eigenvalue weighted by atomic mass is 10.2. The molecule has 0 unspecified atom stereocenters. The largest absolute Gasteiger partial charge is 0.444 e. The first-order valence-corrected chi connectivity index (χ1v) is 12.5. The van der Waals surface area contributed by atoms with Gasteiger partial charge in [0.2, 0.25) is 0 Å². The number of hydrogen-bond acceptors (Lipinski definition) is 9. The van der Waals surface area contributed by atoms with Crippen molar-refractivity contribution >= 4 is 58.2 Å². The van der Waals surface area contributed by atoms with Crippen molar-refractivity contribution in [3.05, 3.63) is 35.1 Å². The summed E-state index contributed by atoms with van der Waals surface area (Å²) < 4.78 is 7.08. The Labute approximate surface area is 212 Å². The van der Waals surface area contributed by atoms with Crippen LogP contribution >= 0.6 is 23.4 Å². The Morgan fingerprint density at radius 1 is 1.20 bits per heavy atom. The van der Waals surface area contributed by atoms with E-state index in [-0.39, 0.29) is 17.5 Å². The lowest BCUT2D eigenvalue weighted by molar-refractivity contribution is 0.0240. The Balaban J connectivity index is 1.51. The third kappa shape index (κ3) is 5.38. The van der Waals surface area contributed by atoms with Crippen molar-refractivity contribution in [1.29, 1.82) is 0 Å². The molecule has 3 N–H and O–H groups in total. The molecule has 1 aliphatic rings. The highest BCUT2D eigenvalue weighted by Gasteiger charge is 2.27. The van der Waals surface area contributed by atoms with Crippen LogP contribution in [0.5, 0.6) is 0 Å². The highest BCUT2D eigenvalue weighted by Crippen LogP contribution is 2.32. The van der Waals surface area contributed by atoms with Crippen LogP contribution in [-0.4, -0.2) is 74.5 Å². The normalized spacial score (nSPS) is 14.3. The zero-order chi connectivity index (χ0) is 25.3.